The number of nitrogens with one attached hydrogen (secondary N) is 2. The van der Waals surface area contributed by atoms with Gasteiger partial charge in [-0.2, -0.15) is 0 Å². The third-order valence-corrected chi connectivity index (χ3v) is 3.84. The van der Waals surface area contributed by atoms with Crippen LogP contribution in [-0.2, 0) is 4.79 Å². The number of anilines is 1. The standard InChI is InChI=1S/C15H21N3O3/c1-11-5-7-13(18(20)21)10-14(11)17-15(19)8-6-12-4-2-3-9-16-12/h5,7,10,12,16H,2-4,6,8-9H2,1H3,(H,17,19). The fraction of sp³-hybridized carbons (Fsp3) is 0.533. The van der Waals surface area contributed by atoms with Gasteiger partial charge in [-0.3, -0.25) is 14.9 Å². The van der Waals surface area contributed by atoms with E-state index in [1.807, 2.05) is 6.92 Å². The summed E-state index contributed by atoms with van der Waals surface area (Å²) in [6, 6.07) is 4.91. The smallest absolute Gasteiger partial charge is 0.271 e. The van der Waals surface area contributed by atoms with Gasteiger partial charge in [-0.25, -0.2) is 0 Å². The summed E-state index contributed by atoms with van der Waals surface area (Å²) >= 11 is 0. The molecule has 1 aromatic carbocycles. The van der Waals surface area contributed by atoms with E-state index < -0.39 is 4.92 Å². The number of carbonyl (C=O) groups is 1. The minimum atomic E-state index is -0.457. The third kappa shape index (κ3) is 4.53. The zero-order chi connectivity index (χ0) is 15.2. The highest BCUT2D eigenvalue weighted by Gasteiger charge is 2.15. The van der Waals surface area contributed by atoms with E-state index >= 15 is 0 Å². The highest BCUT2D eigenvalue weighted by Crippen LogP contribution is 2.22. The number of benzene rings is 1. The summed E-state index contributed by atoms with van der Waals surface area (Å²) in [6.45, 7) is 2.85. The van der Waals surface area contributed by atoms with Crippen molar-refractivity contribution in [2.24, 2.45) is 0 Å². The summed E-state index contributed by atoms with van der Waals surface area (Å²) in [5.41, 5.74) is 1.33. The lowest BCUT2D eigenvalue weighted by atomic mass is 10.0. The number of non-ortho nitro benzene ring substituents is 1. The van der Waals surface area contributed by atoms with E-state index in [9.17, 15) is 14.9 Å². The van der Waals surface area contributed by atoms with Crippen LogP contribution in [-0.4, -0.2) is 23.4 Å². The second kappa shape index (κ2) is 7.17. The van der Waals surface area contributed by atoms with Crippen molar-refractivity contribution >= 4 is 17.3 Å². The van der Waals surface area contributed by atoms with Crippen LogP contribution < -0.4 is 10.6 Å². The fourth-order valence-electron chi connectivity index (χ4n) is 2.55. The van der Waals surface area contributed by atoms with Crippen LogP contribution in [0.2, 0.25) is 0 Å². The molecule has 2 rings (SSSR count). The molecule has 1 heterocycles. The van der Waals surface area contributed by atoms with Crippen LogP contribution in [0.4, 0.5) is 11.4 Å². The number of nitro groups is 1. The number of hydrogen-bond donors (Lipinski definition) is 2. The average Bonchev–Trinajstić information content (AvgIpc) is 2.48. The number of aryl methyl sites for hydroxylation is 1. The molecule has 0 aromatic heterocycles. The minimum Gasteiger partial charge on any atom is -0.326 e. The first kappa shape index (κ1) is 15.4. The Hall–Kier alpha value is -1.95. The predicted octanol–water partition coefficient (Wildman–Crippen LogP) is 2.76. The number of rotatable bonds is 5. The summed E-state index contributed by atoms with van der Waals surface area (Å²) in [4.78, 5) is 22.3. The summed E-state index contributed by atoms with van der Waals surface area (Å²) in [7, 11) is 0. The molecule has 1 aliphatic heterocycles. The summed E-state index contributed by atoms with van der Waals surface area (Å²) in [5, 5.41) is 16.9. The van der Waals surface area contributed by atoms with E-state index in [2.05, 4.69) is 10.6 Å². The molecule has 1 saturated heterocycles. The molecule has 0 saturated carbocycles. The van der Waals surface area contributed by atoms with Crippen molar-refractivity contribution in [1.29, 1.82) is 0 Å². The normalized spacial score (nSPS) is 18.2. The number of carbonyl (C=O) groups excluding carboxylic acids is 1. The number of nitro benzene ring substituents is 1. The van der Waals surface area contributed by atoms with Crippen LogP contribution in [0.5, 0.6) is 0 Å². The first-order valence-corrected chi connectivity index (χ1v) is 7.34. The van der Waals surface area contributed by atoms with E-state index in [0.29, 0.717) is 18.2 Å². The SMILES string of the molecule is Cc1ccc([N+](=O)[O-])cc1NC(=O)CCC1CCCCN1. The van der Waals surface area contributed by atoms with Gasteiger partial charge in [0, 0.05) is 24.6 Å². The number of hydrogen-bond acceptors (Lipinski definition) is 4. The van der Waals surface area contributed by atoms with Gasteiger partial charge in [0.05, 0.1) is 10.6 Å². The molecule has 1 aromatic rings. The molecule has 21 heavy (non-hydrogen) atoms. The lowest BCUT2D eigenvalue weighted by Crippen LogP contribution is -2.34. The minimum absolute atomic E-state index is 0.00940. The average molecular weight is 291 g/mol. The van der Waals surface area contributed by atoms with Gasteiger partial charge >= 0.3 is 0 Å². The fourth-order valence-corrected chi connectivity index (χ4v) is 2.55. The molecule has 0 aliphatic carbocycles. The van der Waals surface area contributed by atoms with Crippen LogP contribution in [0.25, 0.3) is 0 Å². The van der Waals surface area contributed by atoms with E-state index in [0.717, 1.165) is 24.9 Å². The van der Waals surface area contributed by atoms with E-state index in [1.54, 1.807) is 6.07 Å². The van der Waals surface area contributed by atoms with Gasteiger partial charge in [0.1, 0.15) is 0 Å². The van der Waals surface area contributed by atoms with E-state index in [1.165, 1.54) is 25.0 Å². The molecule has 1 atom stereocenters. The van der Waals surface area contributed by atoms with Gasteiger partial charge in [-0.05, 0) is 38.3 Å². The summed E-state index contributed by atoms with van der Waals surface area (Å²) in [6.07, 6.45) is 4.77. The molecule has 0 bridgehead atoms. The Morgan fingerprint density at radius 3 is 2.95 bits per heavy atom. The summed E-state index contributed by atoms with van der Waals surface area (Å²) < 4.78 is 0. The van der Waals surface area contributed by atoms with E-state index in [4.69, 9.17) is 0 Å². The largest absolute Gasteiger partial charge is 0.326 e. The quantitative estimate of drug-likeness (QED) is 0.645. The van der Waals surface area contributed by atoms with Crippen LogP contribution in [0.3, 0.4) is 0 Å². The molecular formula is C15H21N3O3. The van der Waals surface area contributed by atoms with Crippen molar-refractivity contribution in [3.8, 4) is 0 Å². The van der Waals surface area contributed by atoms with Gasteiger partial charge in [-0.15, -0.1) is 0 Å². The van der Waals surface area contributed by atoms with Gasteiger partial charge < -0.3 is 10.6 Å². The number of nitrogens with zero attached hydrogens (tertiary/aromatic N) is 1. The molecule has 1 fully saturated rings. The molecule has 1 aliphatic rings. The maximum atomic E-state index is 12.0. The molecule has 2 N–H and O–H groups in total. The van der Waals surface area contributed by atoms with Crippen LogP contribution in [0.15, 0.2) is 18.2 Å². The lowest BCUT2D eigenvalue weighted by molar-refractivity contribution is -0.384. The van der Waals surface area contributed by atoms with Crippen molar-refractivity contribution in [2.75, 3.05) is 11.9 Å². The van der Waals surface area contributed by atoms with Crippen molar-refractivity contribution < 1.29 is 9.72 Å². The molecule has 6 heteroatoms. The Kier molecular flexibility index (Phi) is 5.27. The second-order valence-corrected chi connectivity index (χ2v) is 5.49. The molecule has 6 nitrogen and oxygen atoms in total. The zero-order valence-electron chi connectivity index (χ0n) is 12.2. The number of amides is 1. The Morgan fingerprint density at radius 1 is 1.48 bits per heavy atom. The maximum Gasteiger partial charge on any atom is 0.271 e. The highest BCUT2D eigenvalue weighted by molar-refractivity contribution is 5.91. The van der Waals surface area contributed by atoms with Crippen LogP contribution >= 0.6 is 0 Å². The van der Waals surface area contributed by atoms with Crippen molar-refractivity contribution in [3.05, 3.63) is 33.9 Å². The first-order chi connectivity index (χ1) is 10.1. The Morgan fingerprint density at radius 2 is 2.29 bits per heavy atom. The predicted molar refractivity (Wildman–Crippen MR) is 81.3 cm³/mol. The van der Waals surface area contributed by atoms with Gasteiger partial charge in [0.25, 0.3) is 5.69 Å². The Labute approximate surface area is 124 Å². The zero-order valence-corrected chi connectivity index (χ0v) is 12.2. The monoisotopic (exact) mass is 291 g/mol. The summed E-state index contributed by atoms with van der Waals surface area (Å²) in [5.74, 6) is -0.0917. The molecular weight excluding hydrogens is 270 g/mol. The molecule has 1 amide bonds. The Bertz CT molecular complexity index is 525. The molecule has 114 valence electrons. The van der Waals surface area contributed by atoms with Crippen LogP contribution in [0.1, 0.15) is 37.7 Å². The molecule has 1 unspecified atom stereocenters. The van der Waals surface area contributed by atoms with Crippen molar-refractivity contribution in [2.45, 2.75) is 45.1 Å². The van der Waals surface area contributed by atoms with Gasteiger partial charge in [-0.1, -0.05) is 12.5 Å². The van der Waals surface area contributed by atoms with E-state index in [-0.39, 0.29) is 11.6 Å². The van der Waals surface area contributed by atoms with Gasteiger partial charge in [0.15, 0.2) is 0 Å². The molecule has 0 radical (unpaired) electrons. The van der Waals surface area contributed by atoms with Crippen LogP contribution in [0, 0.1) is 17.0 Å². The number of piperidine rings is 1. The third-order valence-electron chi connectivity index (χ3n) is 3.84. The maximum absolute atomic E-state index is 12.0. The highest BCUT2D eigenvalue weighted by atomic mass is 16.6. The van der Waals surface area contributed by atoms with Gasteiger partial charge in [0.2, 0.25) is 5.91 Å². The topological polar surface area (TPSA) is 84.3 Å². The van der Waals surface area contributed by atoms with Crippen molar-refractivity contribution in [3.63, 3.8) is 0 Å². The second-order valence-electron chi connectivity index (χ2n) is 5.49. The first-order valence-electron chi connectivity index (χ1n) is 7.34. The Balaban J connectivity index is 1.89. The molecule has 0 spiro atoms. The lowest BCUT2D eigenvalue weighted by Gasteiger charge is -2.23. The van der Waals surface area contributed by atoms with Crippen molar-refractivity contribution in [1.82, 2.24) is 5.32 Å².